The Bertz CT molecular complexity index is 547. The molecule has 1 atom stereocenters. The average molecular weight is 245 g/mol. The van der Waals surface area contributed by atoms with Crippen LogP contribution in [0.1, 0.15) is 18.9 Å². The third kappa shape index (κ3) is 1.84. The average Bonchev–Trinajstić information content (AvgIpc) is 2.98. The van der Waals surface area contributed by atoms with E-state index in [4.69, 9.17) is 0 Å². The smallest absolute Gasteiger partial charge is 0.143 e. The second-order valence-corrected chi connectivity index (χ2v) is 4.88. The fourth-order valence-electron chi connectivity index (χ4n) is 2.75. The van der Waals surface area contributed by atoms with E-state index >= 15 is 0 Å². The van der Waals surface area contributed by atoms with E-state index in [-0.39, 0.29) is 0 Å². The summed E-state index contributed by atoms with van der Waals surface area (Å²) >= 11 is 0. The molecule has 2 N–H and O–H groups in total. The molecule has 0 bridgehead atoms. The molecule has 3 heterocycles. The largest absolute Gasteiger partial charge is 0.354 e. The first-order valence-corrected chi connectivity index (χ1v) is 6.56. The minimum Gasteiger partial charge on any atom is -0.354 e. The van der Waals surface area contributed by atoms with E-state index in [1.807, 2.05) is 6.20 Å². The number of H-pyrrole nitrogens is 1. The van der Waals surface area contributed by atoms with E-state index in [9.17, 15) is 0 Å². The first-order valence-electron chi connectivity index (χ1n) is 6.56. The topological polar surface area (TPSA) is 56.8 Å². The molecule has 0 amide bonds. The van der Waals surface area contributed by atoms with Crippen molar-refractivity contribution in [3.63, 3.8) is 0 Å². The zero-order chi connectivity index (χ0) is 12.5. The minimum atomic E-state index is 0.583. The third-order valence-electron chi connectivity index (χ3n) is 3.63. The molecule has 0 spiro atoms. The van der Waals surface area contributed by atoms with Crippen molar-refractivity contribution in [2.45, 2.75) is 26.3 Å². The third-order valence-corrected chi connectivity index (χ3v) is 3.63. The van der Waals surface area contributed by atoms with E-state index in [1.165, 1.54) is 12.0 Å². The highest BCUT2D eigenvalue weighted by Gasteiger charge is 2.24. The number of hydrogen-bond donors (Lipinski definition) is 2. The molecule has 0 aliphatic carbocycles. The Morgan fingerprint density at radius 3 is 3.22 bits per heavy atom. The molecule has 5 nitrogen and oxygen atoms in total. The molecule has 0 aromatic carbocycles. The molecule has 3 rings (SSSR count). The Balaban J connectivity index is 1.93. The number of aryl methyl sites for hydroxylation is 1. The Hall–Kier alpha value is -1.62. The van der Waals surface area contributed by atoms with Crippen molar-refractivity contribution in [1.29, 1.82) is 0 Å². The summed E-state index contributed by atoms with van der Waals surface area (Å²) < 4.78 is 0. The van der Waals surface area contributed by atoms with Crippen molar-refractivity contribution in [2.75, 3.05) is 24.5 Å². The van der Waals surface area contributed by atoms with Crippen LogP contribution in [0.5, 0.6) is 0 Å². The molecule has 5 heteroatoms. The molecule has 1 saturated heterocycles. The lowest BCUT2D eigenvalue weighted by molar-refractivity contribution is 0.571. The summed E-state index contributed by atoms with van der Waals surface area (Å²) in [4.78, 5) is 14.3. The Kier molecular flexibility index (Phi) is 2.91. The number of hydrogen-bond acceptors (Lipinski definition) is 4. The van der Waals surface area contributed by atoms with Gasteiger partial charge in [0.1, 0.15) is 17.8 Å². The van der Waals surface area contributed by atoms with Crippen LogP contribution in [-0.2, 0) is 0 Å². The zero-order valence-corrected chi connectivity index (χ0v) is 10.9. The van der Waals surface area contributed by atoms with Gasteiger partial charge in [-0.25, -0.2) is 9.97 Å². The Morgan fingerprint density at radius 1 is 1.50 bits per heavy atom. The SMILES string of the molecule is CCN[C@@H]1CCN(c2ncnc3[nH]cc(C)c23)C1. The van der Waals surface area contributed by atoms with Crippen molar-refractivity contribution in [3.05, 3.63) is 18.1 Å². The summed E-state index contributed by atoms with van der Waals surface area (Å²) in [5.74, 6) is 1.07. The second kappa shape index (κ2) is 4.57. The Morgan fingerprint density at radius 2 is 2.39 bits per heavy atom. The van der Waals surface area contributed by atoms with Crippen LogP contribution >= 0.6 is 0 Å². The van der Waals surface area contributed by atoms with Gasteiger partial charge in [-0.05, 0) is 25.5 Å². The predicted octanol–water partition coefficient (Wildman–Crippen LogP) is 1.45. The molecular formula is C13H19N5. The van der Waals surface area contributed by atoms with E-state index in [1.54, 1.807) is 6.33 Å². The Labute approximate surface area is 107 Å². The van der Waals surface area contributed by atoms with Crippen molar-refractivity contribution in [1.82, 2.24) is 20.3 Å². The van der Waals surface area contributed by atoms with Crippen molar-refractivity contribution >= 4 is 16.9 Å². The van der Waals surface area contributed by atoms with Gasteiger partial charge in [0.2, 0.25) is 0 Å². The summed E-state index contributed by atoms with van der Waals surface area (Å²) in [7, 11) is 0. The van der Waals surface area contributed by atoms with E-state index in [0.717, 1.165) is 36.5 Å². The molecule has 1 aliphatic heterocycles. The van der Waals surface area contributed by atoms with Gasteiger partial charge in [-0.3, -0.25) is 0 Å². The number of fused-ring (bicyclic) bond motifs is 1. The van der Waals surface area contributed by atoms with Gasteiger partial charge in [-0.1, -0.05) is 6.92 Å². The molecule has 1 aliphatic rings. The predicted molar refractivity (Wildman–Crippen MR) is 72.9 cm³/mol. The lowest BCUT2D eigenvalue weighted by atomic mass is 10.2. The molecule has 0 unspecified atom stereocenters. The maximum Gasteiger partial charge on any atom is 0.143 e. The van der Waals surface area contributed by atoms with Crippen LogP contribution in [0.2, 0.25) is 0 Å². The number of likely N-dealkylation sites (N-methyl/N-ethyl adjacent to an activating group) is 1. The van der Waals surface area contributed by atoms with Gasteiger partial charge in [0.25, 0.3) is 0 Å². The van der Waals surface area contributed by atoms with Crippen LogP contribution in [0, 0.1) is 6.92 Å². The van der Waals surface area contributed by atoms with E-state index in [2.05, 4.69) is 39.0 Å². The standard InChI is InChI=1S/C13H19N5/c1-3-14-10-4-5-18(7-10)13-11-9(2)6-15-12(11)16-8-17-13/h6,8,10,14H,3-5,7H2,1-2H3,(H,15,16,17)/t10-/m1/s1. The van der Waals surface area contributed by atoms with Gasteiger partial charge in [0.05, 0.1) is 5.39 Å². The second-order valence-electron chi connectivity index (χ2n) is 4.88. The highest BCUT2D eigenvalue weighted by Crippen LogP contribution is 2.28. The highest BCUT2D eigenvalue weighted by atomic mass is 15.2. The van der Waals surface area contributed by atoms with Gasteiger partial charge in [0.15, 0.2) is 0 Å². The fourth-order valence-corrected chi connectivity index (χ4v) is 2.75. The van der Waals surface area contributed by atoms with Crippen LogP contribution in [0.25, 0.3) is 11.0 Å². The molecule has 96 valence electrons. The fraction of sp³-hybridized carbons (Fsp3) is 0.538. The van der Waals surface area contributed by atoms with Crippen molar-refractivity contribution < 1.29 is 0 Å². The number of anilines is 1. The molecule has 1 fully saturated rings. The van der Waals surface area contributed by atoms with Gasteiger partial charge in [-0.15, -0.1) is 0 Å². The summed E-state index contributed by atoms with van der Waals surface area (Å²) in [5.41, 5.74) is 2.15. The summed E-state index contributed by atoms with van der Waals surface area (Å²) in [6.07, 6.45) is 4.83. The molecule has 2 aromatic heterocycles. The van der Waals surface area contributed by atoms with Crippen LogP contribution in [0.15, 0.2) is 12.5 Å². The van der Waals surface area contributed by atoms with Crippen LogP contribution in [0.4, 0.5) is 5.82 Å². The first-order chi connectivity index (χ1) is 8.79. The minimum absolute atomic E-state index is 0.583. The molecule has 2 aromatic rings. The van der Waals surface area contributed by atoms with Crippen LogP contribution in [0.3, 0.4) is 0 Å². The maximum atomic E-state index is 4.48. The lowest BCUT2D eigenvalue weighted by Crippen LogP contribution is -2.32. The van der Waals surface area contributed by atoms with E-state index in [0.29, 0.717) is 6.04 Å². The monoisotopic (exact) mass is 245 g/mol. The normalized spacial score (nSPS) is 19.9. The highest BCUT2D eigenvalue weighted by molar-refractivity contribution is 5.90. The quantitative estimate of drug-likeness (QED) is 0.859. The number of aromatic amines is 1. The summed E-state index contributed by atoms with van der Waals surface area (Å²) in [6.45, 7) is 7.38. The van der Waals surface area contributed by atoms with Gasteiger partial charge < -0.3 is 15.2 Å². The zero-order valence-electron chi connectivity index (χ0n) is 10.9. The summed E-state index contributed by atoms with van der Waals surface area (Å²) in [6, 6.07) is 0.583. The van der Waals surface area contributed by atoms with Gasteiger partial charge in [-0.2, -0.15) is 0 Å². The molecule has 0 saturated carbocycles. The van der Waals surface area contributed by atoms with E-state index < -0.39 is 0 Å². The van der Waals surface area contributed by atoms with Crippen molar-refractivity contribution in [2.24, 2.45) is 0 Å². The van der Waals surface area contributed by atoms with Gasteiger partial charge in [0, 0.05) is 25.3 Å². The maximum absolute atomic E-state index is 4.48. The van der Waals surface area contributed by atoms with Gasteiger partial charge >= 0.3 is 0 Å². The number of aromatic nitrogens is 3. The molecule has 18 heavy (non-hydrogen) atoms. The molecule has 0 radical (unpaired) electrons. The van der Waals surface area contributed by atoms with Crippen molar-refractivity contribution in [3.8, 4) is 0 Å². The number of rotatable bonds is 3. The van der Waals surface area contributed by atoms with Crippen LogP contribution < -0.4 is 10.2 Å². The summed E-state index contributed by atoms with van der Waals surface area (Å²) in [5, 5.41) is 4.67. The van der Waals surface area contributed by atoms with Crippen LogP contribution in [-0.4, -0.2) is 40.6 Å². The number of nitrogens with one attached hydrogen (secondary N) is 2. The number of nitrogens with zero attached hydrogens (tertiary/aromatic N) is 3. The first kappa shape index (κ1) is 11.5. The lowest BCUT2D eigenvalue weighted by Gasteiger charge is -2.18. The molecular weight excluding hydrogens is 226 g/mol.